The summed E-state index contributed by atoms with van der Waals surface area (Å²) in [7, 11) is 0. The summed E-state index contributed by atoms with van der Waals surface area (Å²) >= 11 is 5.17. The topological polar surface area (TPSA) is 62.7 Å². The molecule has 0 spiro atoms. The molecule has 0 atom stereocenters. The van der Waals surface area contributed by atoms with Crippen LogP contribution in [0.1, 0.15) is 23.7 Å². The number of anilines is 2. The van der Waals surface area contributed by atoms with Crippen molar-refractivity contribution in [2.45, 2.75) is 26.8 Å². The molecule has 0 bridgehead atoms. The van der Waals surface area contributed by atoms with E-state index in [-0.39, 0.29) is 0 Å². The molecule has 0 saturated carbocycles. The first-order valence-corrected chi connectivity index (χ1v) is 7.77. The summed E-state index contributed by atoms with van der Waals surface area (Å²) in [6.45, 7) is 5.62. The zero-order valence-electron chi connectivity index (χ0n) is 10.9. The number of hydrogen-bond acceptors (Lipinski definition) is 6. The second-order valence-electron chi connectivity index (χ2n) is 3.85. The quantitative estimate of drug-likeness (QED) is 0.843. The van der Waals surface area contributed by atoms with Crippen LogP contribution in [0.3, 0.4) is 0 Å². The fourth-order valence-electron chi connectivity index (χ4n) is 1.49. The number of thiazole rings is 1. The smallest absolute Gasteiger partial charge is 0.224 e. The van der Waals surface area contributed by atoms with E-state index in [0.29, 0.717) is 12.5 Å². The first-order valence-electron chi connectivity index (χ1n) is 6.16. The molecule has 0 aliphatic heterocycles. The lowest BCUT2D eigenvalue weighted by molar-refractivity contribution is 1.03. The lowest BCUT2D eigenvalue weighted by Gasteiger charge is -2.08. The molecule has 2 aromatic heterocycles. The molecule has 2 rings (SSSR count). The Balaban J connectivity index is 2.03. The summed E-state index contributed by atoms with van der Waals surface area (Å²) in [5.41, 5.74) is 0. The average molecular weight is 342 g/mol. The van der Waals surface area contributed by atoms with Crippen LogP contribution in [0.15, 0.2) is 16.9 Å². The number of nitrogens with zero attached hydrogens (tertiary/aromatic N) is 3. The third kappa shape index (κ3) is 3.87. The Morgan fingerprint density at radius 1 is 1.21 bits per heavy atom. The van der Waals surface area contributed by atoms with Gasteiger partial charge in [-0.05, 0) is 29.3 Å². The zero-order valence-corrected chi connectivity index (χ0v) is 13.3. The molecule has 0 saturated heterocycles. The van der Waals surface area contributed by atoms with Crippen LogP contribution in [0, 0.1) is 0 Å². The number of aromatic nitrogens is 3. The van der Waals surface area contributed by atoms with Gasteiger partial charge in [-0.2, -0.15) is 4.98 Å². The highest BCUT2D eigenvalue weighted by atomic mass is 79.9. The SMILES string of the molecule is CCNc1ncc(Br)c(NCc2ncc(CC)s2)n1. The highest BCUT2D eigenvalue weighted by molar-refractivity contribution is 9.10. The second kappa shape index (κ2) is 6.81. The Hall–Kier alpha value is -1.21. The fourth-order valence-corrected chi connectivity index (χ4v) is 2.62. The van der Waals surface area contributed by atoms with Gasteiger partial charge in [0.15, 0.2) is 0 Å². The van der Waals surface area contributed by atoms with Crippen LogP contribution < -0.4 is 10.6 Å². The van der Waals surface area contributed by atoms with E-state index in [0.717, 1.165) is 28.3 Å². The van der Waals surface area contributed by atoms with Gasteiger partial charge < -0.3 is 10.6 Å². The van der Waals surface area contributed by atoms with Crippen molar-refractivity contribution in [3.8, 4) is 0 Å². The Morgan fingerprint density at radius 3 is 2.74 bits per heavy atom. The van der Waals surface area contributed by atoms with Crippen LogP contribution in [0.5, 0.6) is 0 Å². The van der Waals surface area contributed by atoms with E-state index < -0.39 is 0 Å². The molecule has 0 amide bonds. The number of hydrogen-bond donors (Lipinski definition) is 2. The summed E-state index contributed by atoms with van der Waals surface area (Å²) in [4.78, 5) is 14.2. The predicted molar refractivity (Wildman–Crippen MR) is 82.7 cm³/mol. The Labute approximate surface area is 125 Å². The lowest BCUT2D eigenvalue weighted by atomic mass is 10.4. The van der Waals surface area contributed by atoms with Gasteiger partial charge in [-0.1, -0.05) is 6.92 Å². The predicted octanol–water partition coefficient (Wildman–Crippen LogP) is 3.30. The van der Waals surface area contributed by atoms with Crippen LogP contribution in [0.25, 0.3) is 0 Å². The molecule has 102 valence electrons. The van der Waals surface area contributed by atoms with Crippen molar-refractivity contribution in [2.75, 3.05) is 17.2 Å². The Bertz CT molecular complexity index is 543. The molecule has 0 fully saturated rings. The van der Waals surface area contributed by atoms with Gasteiger partial charge in [-0.25, -0.2) is 9.97 Å². The van der Waals surface area contributed by atoms with Gasteiger partial charge in [-0.15, -0.1) is 11.3 Å². The van der Waals surface area contributed by atoms with Crippen molar-refractivity contribution in [1.29, 1.82) is 0 Å². The average Bonchev–Trinajstić information content (AvgIpc) is 2.88. The molecule has 0 unspecified atom stereocenters. The van der Waals surface area contributed by atoms with Crippen molar-refractivity contribution in [3.05, 3.63) is 26.8 Å². The molecule has 0 aliphatic rings. The van der Waals surface area contributed by atoms with E-state index in [2.05, 4.69) is 48.4 Å². The standard InChI is InChI=1S/C12H16BrN5S/c1-3-8-5-15-10(19-8)7-16-11-9(13)6-17-12(18-11)14-4-2/h5-6H,3-4,7H2,1-2H3,(H2,14,16,17,18). The minimum atomic E-state index is 0.626. The van der Waals surface area contributed by atoms with Crippen LogP contribution in [-0.4, -0.2) is 21.5 Å². The Morgan fingerprint density at radius 2 is 2.05 bits per heavy atom. The summed E-state index contributed by atoms with van der Waals surface area (Å²) in [5, 5.41) is 7.43. The molecule has 0 radical (unpaired) electrons. The maximum absolute atomic E-state index is 4.40. The van der Waals surface area contributed by atoms with Crippen LogP contribution >= 0.6 is 27.3 Å². The largest absolute Gasteiger partial charge is 0.362 e. The molecule has 0 aliphatic carbocycles. The van der Waals surface area contributed by atoms with Crippen LogP contribution in [0.4, 0.5) is 11.8 Å². The van der Waals surface area contributed by atoms with Gasteiger partial charge >= 0.3 is 0 Å². The molecule has 2 heterocycles. The third-order valence-corrected chi connectivity index (χ3v) is 4.16. The van der Waals surface area contributed by atoms with Crippen molar-refractivity contribution in [2.24, 2.45) is 0 Å². The lowest BCUT2D eigenvalue weighted by Crippen LogP contribution is -2.07. The molecule has 5 nitrogen and oxygen atoms in total. The molecular weight excluding hydrogens is 326 g/mol. The fraction of sp³-hybridized carbons (Fsp3) is 0.417. The van der Waals surface area contributed by atoms with Crippen molar-refractivity contribution < 1.29 is 0 Å². The molecule has 0 aromatic carbocycles. The minimum absolute atomic E-state index is 0.626. The number of nitrogens with one attached hydrogen (secondary N) is 2. The van der Waals surface area contributed by atoms with Gasteiger partial charge in [0, 0.05) is 23.8 Å². The third-order valence-electron chi connectivity index (χ3n) is 2.44. The molecular formula is C12H16BrN5S. The van der Waals surface area contributed by atoms with Gasteiger partial charge in [0.1, 0.15) is 10.8 Å². The number of aryl methyl sites for hydroxylation is 1. The highest BCUT2D eigenvalue weighted by Gasteiger charge is 2.06. The van der Waals surface area contributed by atoms with Crippen molar-refractivity contribution in [1.82, 2.24) is 15.0 Å². The van der Waals surface area contributed by atoms with Crippen molar-refractivity contribution >= 4 is 39.0 Å². The first-order chi connectivity index (χ1) is 9.22. The van der Waals surface area contributed by atoms with E-state index in [1.165, 1.54) is 4.88 Å². The summed E-state index contributed by atoms with van der Waals surface area (Å²) < 4.78 is 0.849. The highest BCUT2D eigenvalue weighted by Crippen LogP contribution is 2.21. The van der Waals surface area contributed by atoms with Gasteiger partial charge in [0.2, 0.25) is 5.95 Å². The van der Waals surface area contributed by atoms with E-state index >= 15 is 0 Å². The monoisotopic (exact) mass is 341 g/mol. The molecule has 2 aromatic rings. The van der Waals surface area contributed by atoms with E-state index in [9.17, 15) is 0 Å². The zero-order chi connectivity index (χ0) is 13.7. The maximum Gasteiger partial charge on any atom is 0.224 e. The first kappa shape index (κ1) is 14.2. The molecule has 19 heavy (non-hydrogen) atoms. The summed E-state index contributed by atoms with van der Waals surface area (Å²) in [6, 6.07) is 0. The maximum atomic E-state index is 4.40. The van der Waals surface area contributed by atoms with E-state index in [4.69, 9.17) is 0 Å². The van der Waals surface area contributed by atoms with Gasteiger partial charge in [0.05, 0.1) is 11.0 Å². The second-order valence-corrected chi connectivity index (χ2v) is 5.90. The van der Waals surface area contributed by atoms with Crippen molar-refractivity contribution in [3.63, 3.8) is 0 Å². The Kier molecular flexibility index (Phi) is 5.09. The number of rotatable bonds is 6. The molecule has 7 heteroatoms. The van der Waals surface area contributed by atoms with Crippen LogP contribution in [-0.2, 0) is 13.0 Å². The van der Waals surface area contributed by atoms with Gasteiger partial charge in [0.25, 0.3) is 0 Å². The number of halogens is 1. The van der Waals surface area contributed by atoms with E-state index in [1.807, 2.05) is 13.1 Å². The minimum Gasteiger partial charge on any atom is -0.362 e. The normalized spacial score (nSPS) is 10.5. The molecule has 2 N–H and O–H groups in total. The van der Waals surface area contributed by atoms with Gasteiger partial charge in [-0.3, -0.25) is 0 Å². The van der Waals surface area contributed by atoms with E-state index in [1.54, 1.807) is 17.5 Å². The summed E-state index contributed by atoms with van der Waals surface area (Å²) in [6.07, 6.45) is 4.70. The summed E-state index contributed by atoms with van der Waals surface area (Å²) in [5.74, 6) is 1.40. The van der Waals surface area contributed by atoms with Crippen LogP contribution in [0.2, 0.25) is 0 Å².